The summed E-state index contributed by atoms with van der Waals surface area (Å²) in [6, 6.07) is 23.3. The number of benzene rings is 3. The molecular weight excluding hydrogens is 511 g/mol. The van der Waals surface area contributed by atoms with E-state index in [1.807, 2.05) is 54.6 Å². The van der Waals surface area contributed by atoms with Crippen LogP contribution in [0.15, 0.2) is 78.9 Å². The molecule has 1 fully saturated rings. The number of nitrogens with one attached hydrogen (secondary N) is 1. The van der Waals surface area contributed by atoms with Crippen LogP contribution in [-0.4, -0.2) is 41.7 Å². The molecule has 39 heavy (non-hydrogen) atoms. The Kier molecular flexibility index (Phi) is 10.8. The molecule has 4 rings (SSSR count). The third kappa shape index (κ3) is 8.59. The summed E-state index contributed by atoms with van der Waals surface area (Å²) in [4.78, 5) is 29.1. The summed E-state index contributed by atoms with van der Waals surface area (Å²) in [6.45, 7) is 0.0319. The van der Waals surface area contributed by atoms with E-state index in [1.54, 1.807) is 30.2 Å². The molecule has 2 amide bonds. The summed E-state index contributed by atoms with van der Waals surface area (Å²) in [7, 11) is 1.63. The van der Waals surface area contributed by atoms with Crippen LogP contribution in [0.5, 0.6) is 5.75 Å². The molecule has 206 valence electrons. The summed E-state index contributed by atoms with van der Waals surface area (Å²) in [5.74, 6) is 0.867. The molecule has 3 aromatic rings. The number of methoxy groups -OCH3 is 1. The van der Waals surface area contributed by atoms with Crippen LogP contribution < -0.4 is 10.1 Å². The third-order valence-corrected chi connectivity index (χ3v) is 8.16. The zero-order chi connectivity index (χ0) is 27.5. The highest BCUT2D eigenvalue weighted by molar-refractivity contribution is 7.99. The first-order chi connectivity index (χ1) is 19.0. The van der Waals surface area contributed by atoms with Crippen molar-refractivity contribution in [1.82, 2.24) is 10.2 Å². The number of carbonyl (C=O) groups is 2. The quantitative estimate of drug-likeness (QED) is 0.295. The lowest BCUT2D eigenvalue weighted by molar-refractivity contribution is -0.139. The van der Waals surface area contributed by atoms with Crippen molar-refractivity contribution in [2.24, 2.45) is 0 Å². The Morgan fingerprint density at radius 2 is 1.64 bits per heavy atom. The van der Waals surface area contributed by atoms with Gasteiger partial charge in [0.1, 0.15) is 17.6 Å². The van der Waals surface area contributed by atoms with Gasteiger partial charge in [-0.2, -0.15) is 0 Å². The van der Waals surface area contributed by atoms with E-state index in [2.05, 4.69) is 5.32 Å². The summed E-state index contributed by atoms with van der Waals surface area (Å²) in [5, 5.41) is 3.22. The lowest BCUT2D eigenvalue weighted by atomic mass is 9.94. The van der Waals surface area contributed by atoms with E-state index < -0.39 is 6.04 Å². The lowest BCUT2D eigenvalue weighted by Gasteiger charge is -2.33. The van der Waals surface area contributed by atoms with Gasteiger partial charge in [-0.15, -0.1) is 11.8 Å². The highest BCUT2D eigenvalue weighted by Gasteiger charge is 2.32. The number of thioether (sulfide) groups is 1. The number of hydrogen-bond donors (Lipinski definition) is 1. The highest BCUT2D eigenvalue weighted by Crippen LogP contribution is 2.22. The third-order valence-electron chi connectivity index (χ3n) is 7.17. The van der Waals surface area contributed by atoms with Crippen molar-refractivity contribution in [1.29, 1.82) is 0 Å². The Labute approximate surface area is 235 Å². The Morgan fingerprint density at radius 1 is 0.949 bits per heavy atom. The van der Waals surface area contributed by atoms with E-state index in [0.29, 0.717) is 17.7 Å². The summed E-state index contributed by atoms with van der Waals surface area (Å²) < 4.78 is 20.0. The number of ether oxygens (including phenoxy) is 1. The number of amides is 2. The average Bonchev–Trinajstić information content (AvgIpc) is 2.97. The van der Waals surface area contributed by atoms with Crippen LogP contribution in [0, 0.1) is 5.82 Å². The van der Waals surface area contributed by atoms with Crippen molar-refractivity contribution in [2.75, 3.05) is 12.9 Å². The van der Waals surface area contributed by atoms with Gasteiger partial charge in [-0.05, 0) is 42.2 Å². The molecule has 0 spiro atoms. The van der Waals surface area contributed by atoms with Crippen molar-refractivity contribution in [2.45, 2.75) is 62.9 Å². The zero-order valence-electron chi connectivity index (χ0n) is 22.5. The van der Waals surface area contributed by atoms with Crippen molar-refractivity contribution in [3.05, 3.63) is 101 Å². The van der Waals surface area contributed by atoms with E-state index in [1.165, 1.54) is 24.2 Å². The van der Waals surface area contributed by atoms with E-state index in [-0.39, 0.29) is 36.0 Å². The lowest BCUT2D eigenvalue weighted by Crippen LogP contribution is -2.53. The van der Waals surface area contributed by atoms with Gasteiger partial charge in [-0.25, -0.2) is 4.39 Å². The summed E-state index contributed by atoms with van der Waals surface area (Å²) in [6.07, 6.45) is 5.62. The average molecular weight is 549 g/mol. The Hall–Kier alpha value is -3.32. The number of carbonyl (C=O) groups excluding carboxylic acids is 2. The van der Waals surface area contributed by atoms with Crippen LogP contribution in [0.4, 0.5) is 4.39 Å². The molecule has 1 aliphatic carbocycles. The summed E-state index contributed by atoms with van der Waals surface area (Å²) >= 11 is 1.48. The Morgan fingerprint density at radius 3 is 2.33 bits per heavy atom. The van der Waals surface area contributed by atoms with Crippen molar-refractivity contribution in [3.8, 4) is 5.75 Å². The minimum absolute atomic E-state index is 0.0319. The topological polar surface area (TPSA) is 58.6 Å². The SMILES string of the molecule is COc1ccc(CSCC(=O)N(Cc2ccccc2F)[C@H](Cc2ccccc2)C(=O)NC2CCCCC2)cc1. The highest BCUT2D eigenvalue weighted by atomic mass is 32.2. The maximum absolute atomic E-state index is 14.8. The Balaban J connectivity index is 1.55. The molecule has 0 aromatic heterocycles. The first-order valence-corrected chi connectivity index (χ1v) is 14.8. The first-order valence-electron chi connectivity index (χ1n) is 13.6. The number of halogens is 1. The maximum Gasteiger partial charge on any atom is 0.243 e. The van der Waals surface area contributed by atoms with Crippen LogP contribution in [0.3, 0.4) is 0 Å². The van der Waals surface area contributed by atoms with E-state index >= 15 is 0 Å². The van der Waals surface area contributed by atoms with Crippen LogP contribution in [0.2, 0.25) is 0 Å². The van der Waals surface area contributed by atoms with Gasteiger partial charge in [0.05, 0.1) is 12.9 Å². The molecule has 3 aromatic carbocycles. The number of hydrogen-bond acceptors (Lipinski definition) is 4. The largest absolute Gasteiger partial charge is 0.497 e. The molecule has 0 bridgehead atoms. The number of rotatable bonds is 12. The fourth-order valence-electron chi connectivity index (χ4n) is 4.97. The Bertz CT molecular complexity index is 1200. The molecule has 7 heteroatoms. The zero-order valence-corrected chi connectivity index (χ0v) is 23.3. The molecule has 0 saturated heterocycles. The fourth-order valence-corrected chi connectivity index (χ4v) is 5.84. The minimum atomic E-state index is -0.747. The molecule has 0 radical (unpaired) electrons. The minimum Gasteiger partial charge on any atom is -0.497 e. The summed E-state index contributed by atoms with van der Waals surface area (Å²) in [5.41, 5.74) is 2.43. The predicted molar refractivity (Wildman–Crippen MR) is 155 cm³/mol. The van der Waals surface area contributed by atoms with E-state index in [9.17, 15) is 14.0 Å². The standard InChI is InChI=1S/C32H37FN2O3S/c1-38-28-18-16-25(17-19-28)22-39-23-31(36)35(21-26-12-8-9-15-29(26)33)30(20-24-10-4-2-5-11-24)32(37)34-27-13-6-3-7-14-27/h2,4-5,8-12,15-19,27,30H,3,6-7,13-14,20-23H2,1H3,(H,34,37)/t30-/m1/s1. The van der Waals surface area contributed by atoms with Gasteiger partial charge in [0, 0.05) is 30.3 Å². The van der Waals surface area contributed by atoms with Crippen LogP contribution in [0.25, 0.3) is 0 Å². The maximum atomic E-state index is 14.8. The molecule has 1 atom stereocenters. The van der Waals surface area contributed by atoms with Gasteiger partial charge in [-0.1, -0.05) is 79.9 Å². The molecule has 5 nitrogen and oxygen atoms in total. The molecular formula is C32H37FN2O3S. The van der Waals surface area contributed by atoms with Crippen LogP contribution in [-0.2, 0) is 28.3 Å². The molecule has 1 saturated carbocycles. The molecule has 0 unspecified atom stereocenters. The number of nitrogens with zero attached hydrogens (tertiary/aromatic N) is 1. The first kappa shape index (κ1) is 28.7. The smallest absolute Gasteiger partial charge is 0.243 e. The van der Waals surface area contributed by atoms with Gasteiger partial charge >= 0.3 is 0 Å². The van der Waals surface area contributed by atoms with Crippen molar-refractivity contribution < 1.29 is 18.7 Å². The second-order valence-electron chi connectivity index (χ2n) is 10.0. The van der Waals surface area contributed by atoms with Gasteiger partial charge < -0.3 is 15.0 Å². The van der Waals surface area contributed by atoms with Crippen LogP contribution in [0.1, 0.15) is 48.8 Å². The van der Waals surface area contributed by atoms with E-state index in [0.717, 1.165) is 42.6 Å². The van der Waals surface area contributed by atoms with Crippen molar-refractivity contribution in [3.63, 3.8) is 0 Å². The monoisotopic (exact) mass is 548 g/mol. The molecule has 0 heterocycles. The van der Waals surface area contributed by atoms with Gasteiger partial charge in [0.25, 0.3) is 0 Å². The normalized spacial score (nSPS) is 14.4. The second-order valence-corrected chi connectivity index (χ2v) is 11.0. The van der Waals surface area contributed by atoms with Gasteiger partial charge in [0.2, 0.25) is 11.8 Å². The molecule has 1 N–H and O–H groups in total. The predicted octanol–water partition coefficient (Wildman–Crippen LogP) is 6.16. The van der Waals surface area contributed by atoms with Crippen LogP contribution >= 0.6 is 11.8 Å². The van der Waals surface area contributed by atoms with Gasteiger partial charge in [-0.3, -0.25) is 9.59 Å². The van der Waals surface area contributed by atoms with E-state index in [4.69, 9.17) is 4.74 Å². The second kappa shape index (κ2) is 14.7. The van der Waals surface area contributed by atoms with Crippen molar-refractivity contribution >= 4 is 23.6 Å². The molecule has 1 aliphatic rings. The fraction of sp³-hybridized carbons (Fsp3) is 0.375. The van der Waals surface area contributed by atoms with Gasteiger partial charge in [0.15, 0.2) is 0 Å². The molecule has 0 aliphatic heterocycles.